The molecule has 2 aromatic rings. The van der Waals surface area contributed by atoms with E-state index in [-0.39, 0.29) is 0 Å². The highest BCUT2D eigenvalue weighted by molar-refractivity contribution is 9.10. The van der Waals surface area contributed by atoms with Crippen LogP contribution in [0.5, 0.6) is 0 Å². The molecule has 0 bridgehead atoms. The van der Waals surface area contributed by atoms with Crippen molar-refractivity contribution in [3.05, 3.63) is 38.5 Å². The van der Waals surface area contributed by atoms with E-state index in [9.17, 15) is 5.11 Å². The third kappa shape index (κ3) is 2.47. The zero-order chi connectivity index (χ0) is 12.6. The van der Waals surface area contributed by atoms with Crippen LogP contribution in [0.1, 0.15) is 18.7 Å². The smallest absolute Gasteiger partial charge is 0.111 e. The lowest BCUT2D eigenvalue weighted by Crippen LogP contribution is -1.96. The van der Waals surface area contributed by atoms with Crippen molar-refractivity contribution in [2.24, 2.45) is 0 Å². The summed E-state index contributed by atoms with van der Waals surface area (Å²) in [5, 5.41) is 17.9. The first-order valence-corrected chi connectivity index (χ1v) is 6.29. The fraction of sp³-hybridized carbons (Fsp3) is 0.200. The van der Waals surface area contributed by atoms with Crippen LogP contribution in [0.15, 0.2) is 22.8 Å². The number of benzene rings is 1. The number of aliphatic hydroxyl groups is 1. The molecule has 7 heteroatoms. The van der Waals surface area contributed by atoms with Gasteiger partial charge in [-0.1, -0.05) is 28.4 Å². The van der Waals surface area contributed by atoms with Gasteiger partial charge in [0.25, 0.3) is 0 Å². The zero-order valence-electron chi connectivity index (χ0n) is 8.73. The fourth-order valence-corrected chi connectivity index (χ4v) is 2.13. The highest BCUT2D eigenvalue weighted by Crippen LogP contribution is 2.34. The van der Waals surface area contributed by atoms with Crippen molar-refractivity contribution in [3.63, 3.8) is 0 Å². The molecular weight excluding hydrogens is 329 g/mol. The minimum atomic E-state index is -0.673. The number of hydrogen-bond acceptors (Lipinski definition) is 3. The van der Waals surface area contributed by atoms with Gasteiger partial charge in [0.1, 0.15) is 5.69 Å². The molecule has 4 nitrogen and oxygen atoms in total. The largest absolute Gasteiger partial charge is 0.387 e. The molecule has 1 unspecified atom stereocenters. The van der Waals surface area contributed by atoms with E-state index in [0.717, 1.165) is 0 Å². The second-order valence-corrected chi connectivity index (χ2v) is 5.07. The maximum absolute atomic E-state index is 9.37. The number of nitrogens with zero attached hydrogens (tertiary/aromatic N) is 3. The Morgan fingerprint density at radius 2 is 2.06 bits per heavy atom. The Hall–Kier alpha value is -0.620. The van der Waals surface area contributed by atoms with Gasteiger partial charge >= 0.3 is 0 Å². The van der Waals surface area contributed by atoms with Crippen LogP contribution in [-0.4, -0.2) is 20.1 Å². The lowest BCUT2D eigenvalue weighted by Gasteiger charge is -2.06. The van der Waals surface area contributed by atoms with E-state index in [2.05, 4.69) is 26.2 Å². The number of halogens is 3. The van der Waals surface area contributed by atoms with Crippen molar-refractivity contribution in [2.75, 3.05) is 0 Å². The predicted octanol–water partition coefficient (Wildman–Crippen LogP) is 3.39. The average molecular weight is 337 g/mol. The molecule has 1 heterocycles. The summed E-state index contributed by atoms with van der Waals surface area (Å²) in [5.74, 6) is 0. The van der Waals surface area contributed by atoms with E-state index >= 15 is 0 Å². The van der Waals surface area contributed by atoms with Crippen molar-refractivity contribution in [1.29, 1.82) is 0 Å². The molecule has 0 saturated heterocycles. The van der Waals surface area contributed by atoms with Crippen molar-refractivity contribution in [3.8, 4) is 5.69 Å². The van der Waals surface area contributed by atoms with Gasteiger partial charge in [-0.25, -0.2) is 4.68 Å². The first-order chi connectivity index (χ1) is 8.00. The molecule has 0 saturated carbocycles. The summed E-state index contributed by atoms with van der Waals surface area (Å²) >= 11 is 15.4. The highest BCUT2D eigenvalue weighted by atomic mass is 79.9. The Kier molecular flexibility index (Phi) is 3.73. The van der Waals surface area contributed by atoms with Crippen molar-refractivity contribution in [1.82, 2.24) is 15.0 Å². The van der Waals surface area contributed by atoms with Crippen LogP contribution in [0, 0.1) is 0 Å². The summed E-state index contributed by atoms with van der Waals surface area (Å²) in [6.45, 7) is 1.62. The lowest BCUT2D eigenvalue weighted by molar-refractivity contribution is 0.194. The van der Waals surface area contributed by atoms with E-state index in [1.807, 2.05) is 0 Å². The second-order valence-electron chi connectivity index (χ2n) is 3.46. The molecule has 0 aliphatic carbocycles. The van der Waals surface area contributed by atoms with E-state index in [1.54, 1.807) is 25.3 Å². The second kappa shape index (κ2) is 4.94. The number of aliphatic hydroxyl groups excluding tert-OH is 1. The molecule has 0 aliphatic heterocycles. The normalized spacial score (nSPS) is 12.8. The third-order valence-corrected chi connectivity index (χ3v) is 3.96. The summed E-state index contributed by atoms with van der Waals surface area (Å²) in [6, 6.07) is 3.53. The Bertz CT molecular complexity index is 556. The topological polar surface area (TPSA) is 50.9 Å². The molecule has 17 heavy (non-hydrogen) atoms. The van der Waals surface area contributed by atoms with Gasteiger partial charge in [0.2, 0.25) is 0 Å². The average Bonchev–Trinajstić information content (AvgIpc) is 2.75. The van der Waals surface area contributed by atoms with Gasteiger partial charge in [-0.15, -0.1) is 5.10 Å². The summed E-state index contributed by atoms with van der Waals surface area (Å²) in [7, 11) is 0. The number of hydrogen-bond donors (Lipinski definition) is 1. The Morgan fingerprint density at radius 3 is 2.65 bits per heavy atom. The molecule has 1 atom stereocenters. The van der Waals surface area contributed by atoms with Crippen LogP contribution < -0.4 is 0 Å². The highest BCUT2D eigenvalue weighted by Gasteiger charge is 2.13. The standard InChI is InChI=1S/C10H8BrCl2N3O/c1-5(17)7-4-16(15-14-7)8-3-2-6(11)9(12)10(8)13/h2-5,17H,1H3. The van der Waals surface area contributed by atoms with E-state index in [1.165, 1.54) is 4.68 Å². The molecule has 90 valence electrons. The molecular formula is C10H8BrCl2N3O. The summed E-state index contributed by atoms with van der Waals surface area (Å²) in [4.78, 5) is 0. The Morgan fingerprint density at radius 1 is 1.35 bits per heavy atom. The van der Waals surface area contributed by atoms with Gasteiger partial charge in [0.15, 0.2) is 0 Å². The zero-order valence-corrected chi connectivity index (χ0v) is 11.8. The van der Waals surface area contributed by atoms with Gasteiger partial charge in [0, 0.05) is 4.47 Å². The van der Waals surface area contributed by atoms with Crippen LogP contribution in [0.25, 0.3) is 5.69 Å². The van der Waals surface area contributed by atoms with Crippen molar-refractivity contribution in [2.45, 2.75) is 13.0 Å². The van der Waals surface area contributed by atoms with E-state index < -0.39 is 6.10 Å². The Labute approximate surface area is 116 Å². The Balaban J connectivity index is 2.49. The maximum atomic E-state index is 9.37. The van der Waals surface area contributed by atoms with Crippen LogP contribution in [0.2, 0.25) is 10.0 Å². The molecule has 0 radical (unpaired) electrons. The van der Waals surface area contributed by atoms with Gasteiger partial charge in [0.05, 0.1) is 28.0 Å². The third-order valence-electron chi connectivity index (χ3n) is 2.20. The van der Waals surface area contributed by atoms with Crippen molar-refractivity contribution >= 4 is 39.1 Å². The van der Waals surface area contributed by atoms with Crippen LogP contribution in [-0.2, 0) is 0 Å². The molecule has 2 rings (SSSR count). The summed E-state index contributed by atoms with van der Waals surface area (Å²) in [5.41, 5.74) is 1.08. The van der Waals surface area contributed by atoms with Gasteiger partial charge in [-0.05, 0) is 35.0 Å². The molecule has 0 amide bonds. The molecule has 1 aromatic heterocycles. The quantitative estimate of drug-likeness (QED) is 0.855. The fourth-order valence-electron chi connectivity index (χ4n) is 1.28. The minimum absolute atomic E-state index is 0.378. The number of aromatic nitrogens is 3. The first-order valence-electron chi connectivity index (χ1n) is 4.75. The molecule has 0 aliphatic rings. The SMILES string of the molecule is CC(O)c1cn(-c2ccc(Br)c(Cl)c2Cl)nn1. The summed E-state index contributed by atoms with van der Waals surface area (Å²) < 4.78 is 2.19. The predicted molar refractivity (Wildman–Crippen MR) is 69.7 cm³/mol. The maximum Gasteiger partial charge on any atom is 0.111 e. The van der Waals surface area contributed by atoms with Crippen LogP contribution in [0.3, 0.4) is 0 Å². The van der Waals surface area contributed by atoms with Gasteiger partial charge < -0.3 is 5.11 Å². The molecule has 1 N–H and O–H groups in total. The van der Waals surface area contributed by atoms with Gasteiger partial charge in [-0.3, -0.25) is 0 Å². The molecule has 0 spiro atoms. The monoisotopic (exact) mass is 335 g/mol. The lowest BCUT2D eigenvalue weighted by atomic mass is 10.3. The van der Waals surface area contributed by atoms with Crippen LogP contribution >= 0.6 is 39.1 Å². The molecule has 1 aromatic carbocycles. The van der Waals surface area contributed by atoms with Crippen LogP contribution in [0.4, 0.5) is 0 Å². The first kappa shape index (κ1) is 12.8. The van der Waals surface area contributed by atoms with E-state index in [0.29, 0.717) is 25.9 Å². The van der Waals surface area contributed by atoms with E-state index in [4.69, 9.17) is 23.2 Å². The van der Waals surface area contributed by atoms with Crippen molar-refractivity contribution < 1.29 is 5.11 Å². The minimum Gasteiger partial charge on any atom is -0.387 e. The molecule has 0 fully saturated rings. The summed E-state index contributed by atoms with van der Waals surface area (Å²) in [6.07, 6.45) is 0.935. The van der Waals surface area contributed by atoms with Gasteiger partial charge in [-0.2, -0.15) is 0 Å². The number of rotatable bonds is 2.